The average Bonchev–Trinajstić information content (AvgIpc) is 2.84. The number of rotatable bonds is 8. The van der Waals surface area contributed by atoms with Crippen molar-refractivity contribution >= 4 is 22.4 Å². The highest BCUT2D eigenvalue weighted by atomic mass is 32.1. The molecule has 3 N–H and O–H groups in total. The number of nitrogen functional groups attached to an aromatic ring is 1. The van der Waals surface area contributed by atoms with Crippen LogP contribution in [0.15, 0.2) is 43.0 Å². The zero-order chi connectivity index (χ0) is 14.2. The number of aromatic nitrogens is 1. The van der Waals surface area contributed by atoms with Crippen LogP contribution < -0.4 is 11.1 Å². The molecule has 2 aromatic rings. The zero-order valence-corrected chi connectivity index (χ0v) is 12.2. The highest BCUT2D eigenvalue weighted by Crippen LogP contribution is 2.36. The van der Waals surface area contributed by atoms with E-state index in [1.54, 1.807) is 0 Å². The summed E-state index contributed by atoms with van der Waals surface area (Å²) in [5, 5.41) is 4.32. The summed E-state index contributed by atoms with van der Waals surface area (Å²) in [4.78, 5) is 0. The molecule has 0 unspecified atom stereocenters. The molecule has 1 aromatic heterocycles. The lowest BCUT2D eigenvalue weighted by molar-refractivity contribution is 0.149. The van der Waals surface area contributed by atoms with Crippen LogP contribution in [0.4, 0.5) is 10.8 Å². The number of nitrogens with zero attached hydrogens (tertiary/aromatic N) is 1. The molecule has 0 aliphatic carbocycles. The van der Waals surface area contributed by atoms with Gasteiger partial charge in [-0.05, 0) is 23.5 Å². The molecule has 0 bridgehead atoms. The molecule has 0 aliphatic rings. The van der Waals surface area contributed by atoms with Crippen molar-refractivity contribution in [1.82, 2.24) is 4.37 Å². The molecule has 0 fully saturated rings. The first kappa shape index (κ1) is 14.6. The van der Waals surface area contributed by atoms with Crippen LogP contribution in [0.2, 0.25) is 0 Å². The summed E-state index contributed by atoms with van der Waals surface area (Å²) < 4.78 is 9.69. The van der Waals surface area contributed by atoms with Crippen LogP contribution in [0.25, 0.3) is 11.1 Å². The van der Waals surface area contributed by atoms with Crippen molar-refractivity contribution in [3.8, 4) is 11.1 Å². The van der Waals surface area contributed by atoms with Crippen LogP contribution in [0.1, 0.15) is 6.42 Å². The Bertz CT molecular complexity index is 539. The summed E-state index contributed by atoms with van der Waals surface area (Å²) >= 11 is 1.38. The molecule has 0 saturated carbocycles. The Kier molecular flexibility index (Phi) is 5.58. The number of hydrogen-bond donors (Lipinski definition) is 2. The van der Waals surface area contributed by atoms with Gasteiger partial charge in [-0.25, -0.2) is 0 Å². The quantitative estimate of drug-likeness (QED) is 0.577. The molecule has 0 spiro atoms. The molecule has 2 rings (SSSR count). The summed E-state index contributed by atoms with van der Waals surface area (Å²) in [7, 11) is 0. The topological polar surface area (TPSA) is 60.2 Å². The standard InChI is InChI=1S/C15H19N3OS/c1-2-3-10-19-11-9-17-15-13(14(16)18-20-15)12-7-5-4-6-8-12/h2,4-8,17H,1,3,9-11H2,(H2,16,18). The van der Waals surface area contributed by atoms with Crippen LogP contribution in [0.5, 0.6) is 0 Å². The maximum atomic E-state index is 5.96. The third-order valence-electron chi connectivity index (χ3n) is 2.78. The predicted octanol–water partition coefficient (Wildman–Crippen LogP) is 3.40. The molecule has 106 valence electrons. The molecule has 5 heteroatoms. The number of ether oxygens (including phenoxy) is 1. The van der Waals surface area contributed by atoms with E-state index < -0.39 is 0 Å². The maximum absolute atomic E-state index is 5.96. The lowest BCUT2D eigenvalue weighted by Gasteiger charge is -2.07. The van der Waals surface area contributed by atoms with Crippen molar-refractivity contribution in [3.63, 3.8) is 0 Å². The molecule has 1 aromatic carbocycles. The van der Waals surface area contributed by atoms with E-state index in [4.69, 9.17) is 10.5 Å². The SMILES string of the molecule is C=CCCOCCNc1snc(N)c1-c1ccccc1. The maximum Gasteiger partial charge on any atom is 0.147 e. The number of hydrogen-bond acceptors (Lipinski definition) is 5. The second kappa shape index (κ2) is 7.67. The first-order chi connectivity index (χ1) is 9.83. The van der Waals surface area contributed by atoms with Crippen molar-refractivity contribution in [2.45, 2.75) is 6.42 Å². The van der Waals surface area contributed by atoms with Crippen molar-refractivity contribution in [2.75, 3.05) is 30.8 Å². The number of nitrogens with two attached hydrogens (primary N) is 1. The molecule has 0 saturated heterocycles. The fourth-order valence-electron chi connectivity index (χ4n) is 1.81. The van der Waals surface area contributed by atoms with E-state index in [0.717, 1.165) is 29.1 Å². The Morgan fingerprint density at radius 1 is 1.30 bits per heavy atom. The predicted molar refractivity (Wildman–Crippen MR) is 86.1 cm³/mol. The minimum absolute atomic E-state index is 0.566. The molecular weight excluding hydrogens is 270 g/mol. The second-order valence-corrected chi connectivity index (χ2v) is 5.03. The van der Waals surface area contributed by atoms with Gasteiger partial charge in [0.05, 0.1) is 18.8 Å². The first-order valence-corrected chi connectivity index (χ1v) is 7.33. The Balaban J connectivity index is 1.94. The monoisotopic (exact) mass is 289 g/mol. The number of anilines is 2. The fraction of sp³-hybridized carbons (Fsp3) is 0.267. The van der Waals surface area contributed by atoms with Gasteiger partial charge in [0.25, 0.3) is 0 Å². The molecular formula is C15H19N3OS. The molecule has 4 nitrogen and oxygen atoms in total. The molecule has 0 atom stereocenters. The summed E-state index contributed by atoms with van der Waals surface area (Å²) in [6, 6.07) is 10.0. The Morgan fingerprint density at radius 2 is 2.10 bits per heavy atom. The van der Waals surface area contributed by atoms with Gasteiger partial charge in [0.2, 0.25) is 0 Å². The van der Waals surface area contributed by atoms with Gasteiger partial charge in [0.15, 0.2) is 0 Å². The lowest BCUT2D eigenvalue weighted by atomic mass is 10.1. The Morgan fingerprint density at radius 3 is 2.85 bits per heavy atom. The van der Waals surface area contributed by atoms with Gasteiger partial charge in [-0.3, -0.25) is 0 Å². The normalized spacial score (nSPS) is 10.4. The summed E-state index contributed by atoms with van der Waals surface area (Å²) in [5.41, 5.74) is 8.01. The third-order valence-corrected chi connectivity index (χ3v) is 3.60. The number of nitrogens with one attached hydrogen (secondary N) is 1. The summed E-state index contributed by atoms with van der Waals surface area (Å²) in [6.07, 6.45) is 2.73. The van der Waals surface area contributed by atoms with E-state index in [0.29, 0.717) is 19.0 Å². The minimum Gasteiger partial charge on any atom is -0.382 e. The van der Waals surface area contributed by atoms with Crippen LogP contribution >= 0.6 is 11.5 Å². The van der Waals surface area contributed by atoms with Gasteiger partial charge in [0.1, 0.15) is 10.8 Å². The van der Waals surface area contributed by atoms with E-state index in [1.165, 1.54) is 11.5 Å². The van der Waals surface area contributed by atoms with Gasteiger partial charge in [-0.2, -0.15) is 4.37 Å². The van der Waals surface area contributed by atoms with E-state index >= 15 is 0 Å². The molecule has 1 heterocycles. The lowest BCUT2D eigenvalue weighted by Crippen LogP contribution is -2.09. The smallest absolute Gasteiger partial charge is 0.147 e. The van der Waals surface area contributed by atoms with Gasteiger partial charge in [-0.1, -0.05) is 36.4 Å². The molecule has 0 radical (unpaired) electrons. The van der Waals surface area contributed by atoms with E-state index in [-0.39, 0.29) is 0 Å². The van der Waals surface area contributed by atoms with Crippen LogP contribution in [0, 0.1) is 0 Å². The Hall–Kier alpha value is -1.85. The minimum atomic E-state index is 0.566. The molecule has 0 aliphatic heterocycles. The fourth-order valence-corrected chi connectivity index (χ4v) is 2.57. The van der Waals surface area contributed by atoms with E-state index in [2.05, 4.69) is 16.3 Å². The molecule has 20 heavy (non-hydrogen) atoms. The van der Waals surface area contributed by atoms with Crippen LogP contribution in [-0.4, -0.2) is 24.1 Å². The van der Waals surface area contributed by atoms with Crippen molar-refractivity contribution in [2.24, 2.45) is 0 Å². The third kappa shape index (κ3) is 3.82. The summed E-state index contributed by atoms with van der Waals surface area (Å²) in [5.74, 6) is 0.566. The number of benzene rings is 1. The Labute approximate surface area is 123 Å². The van der Waals surface area contributed by atoms with Crippen molar-refractivity contribution < 1.29 is 4.74 Å². The largest absolute Gasteiger partial charge is 0.382 e. The van der Waals surface area contributed by atoms with E-state index in [1.807, 2.05) is 36.4 Å². The van der Waals surface area contributed by atoms with Crippen molar-refractivity contribution in [3.05, 3.63) is 43.0 Å². The van der Waals surface area contributed by atoms with Crippen molar-refractivity contribution in [1.29, 1.82) is 0 Å². The van der Waals surface area contributed by atoms with Crippen LogP contribution in [0.3, 0.4) is 0 Å². The average molecular weight is 289 g/mol. The van der Waals surface area contributed by atoms with Gasteiger partial charge in [0, 0.05) is 6.54 Å². The van der Waals surface area contributed by atoms with Gasteiger partial charge in [-0.15, -0.1) is 6.58 Å². The van der Waals surface area contributed by atoms with Crippen LogP contribution in [-0.2, 0) is 4.74 Å². The van der Waals surface area contributed by atoms with Gasteiger partial charge >= 0.3 is 0 Å². The van der Waals surface area contributed by atoms with E-state index in [9.17, 15) is 0 Å². The highest BCUT2D eigenvalue weighted by Gasteiger charge is 2.12. The second-order valence-electron chi connectivity index (χ2n) is 4.25. The zero-order valence-electron chi connectivity index (χ0n) is 11.3. The summed E-state index contributed by atoms with van der Waals surface area (Å²) in [6.45, 7) is 5.76. The molecule has 0 amide bonds. The first-order valence-electron chi connectivity index (χ1n) is 6.56. The van der Waals surface area contributed by atoms with Gasteiger partial charge < -0.3 is 15.8 Å². The highest BCUT2D eigenvalue weighted by molar-refractivity contribution is 7.11.